The lowest BCUT2D eigenvalue weighted by atomic mass is 9.93. The maximum atomic E-state index is 12.1. The van der Waals surface area contributed by atoms with Crippen molar-refractivity contribution in [2.75, 3.05) is 19.7 Å². The van der Waals surface area contributed by atoms with E-state index < -0.39 is 0 Å². The van der Waals surface area contributed by atoms with Gasteiger partial charge in [-0.15, -0.1) is 0 Å². The van der Waals surface area contributed by atoms with Gasteiger partial charge in [0.05, 0.1) is 5.54 Å². The van der Waals surface area contributed by atoms with Crippen LogP contribution in [-0.4, -0.2) is 36.2 Å². The van der Waals surface area contributed by atoms with Crippen LogP contribution in [0.5, 0.6) is 0 Å². The number of nitrogens with one attached hydrogen (secondary N) is 2. The van der Waals surface area contributed by atoms with Gasteiger partial charge >= 0.3 is 0 Å². The van der Waals surface area contributed by atoms with Crippen molar-refractivity contribution in [3.8, 4) is 0 Å². The van der Waals surface area contributed by atoms with E-state index in [1.807, 2.05) is 6.92 Å². The number of aliphatic hydroxyl groups is 1. The molecule has 1 heterocycles. The molecular weight excluding hydrogens is 204 g/mol. The van der Waals surface area contributed by atoms with E-state index in [2.05, 4.69) is 17.6 Å². The number of hydrogen-bond acceptors (Lipinski definition) is 3. The zero-order valence-corrected chi connectivity index (χ0v) is 10.4. The van der Waals surface area contributed by atoms with E-state index in [1.165, 1.54) is 0 Å². The monoisotopic (exact) mass is 228 g/mol. The minimum Gasteiger partial charge on any atom is -0.396 e. The smallest absolute Gasteiger partial charge is 0.240 e. The maximum absolute atomic E-state index is 12.1. The van der Waals surface area contributed by atoms with Crippen LogP contribution in [0.25, 0.3) is 0 Å². The van der Waals surface area contributed by atoms with Gasteiger partial charge in [-0.25, -0.2) is 0 Å². The molecule has 1 aliphatic rings. The summed E-state index contributed by atoms with van der Waals surface area (Å²) in [6.45, 7) is 5.87. The van der Waals surface area contributed by atoms with Crippen LogP contribution in [0.4, 0.5) is 0 Å². The minimum atomic E-state index is -0.334. The Hall–Kier alpha value is -0.610. The van der Waals surface area contributed by atoms with Gasteiger partial charge in [-0.2, -0.15) is 0 Å². The molecule has 0 saturated carbocycles. The summed E-state index contributed by atoms with van der Waals surface area (Å²) in [4.78, 5) is 12.1. The molecule has 16 heavy (non-hydrogen) atoms. The van der Waals surface area contributed by atoms with E-state index in [-0.39, 0.29) is 18.1 Å². The first-order chi connectivity index (χ1) is 7.64. The standard InChI is InChI=1S/C12H24N2O2/c1-3-12(6-4-7-14-12)11(16)13-9-10(2)5-8-15/h10,14-15H,3-9H2,1-2H3,(H,13,16). The Balaban J connectivity index is 2.38. The second kappa shape index (κ2) is 6.21. The maximum Gasteiger partial charge on any atom is 0.240 e. The molecule has 0 radical (unpaired) electrons. The lowest BCUT2D eigenvalue weighted by molar-refractivity contribution is -0.127. The Morgan fingerprint density at radius 3 is 2.88 bits per heavy atom. The Morgan fingerprint density at radius 2 is 2.38 bits per heavy atom. The molecule has 4 nitrogen and oxygen atoms in total. The summed E-state index contributed by atoms with van der Waals surface area (Å²) in [5, 5.41) is 15.1. The predicted molar refractivity (Wildman–Crippen MR) is 64.1 cm³/mol. The van der Waals surface area contributed by atoms with Crippen LogP contribution in [0.3, 0.4) is 0 Å². The SMILES string of the molecule is CCC1(C(=O)NCC(C)CCO)CCCN1. The molecule has 0 aromatic rings. The lowest BCUT2D eigenvalue weighted by Crippen LogP contribution is -2.53. The summed E-state index contributed by atoms with van der Waals surface area (Å²) >= 11 is 0. The summed E-state index contributed by atoms with van der Waals surface area (Å²) < 4.78 is 0. The highest BCUT2D eigenvalue weighted by atomic mass is 16.3. The molecule has 3 N–H and O–H groups in total. The van der Waals surface area contributed by atoms with E-state index in [4.69, 9.17) is 5.11 Å². The van der Waals surface area contributed by atoms with Gasteiger partial charge in [0, 0.05) is 13.2 Å². The molecule has 4 heteroatoms. The molecule has 2 unspecified atom stereocenters. The van der Waals surface area contributed by atoms with Crippen molar-refractivity contribution in [3.63, 3.8) is 0 Å². The van der Waals surface area contributed by atoms with E-state index in [0.717, 1.165) is 32.2 Å². The van der Waals surface area contributed by atoms with Crippen LogP contribution in [0.1, 0.15) is 39.5 Å². The molecule has 1 fully saturated rings. The molecule has 0 bridgehead atoms. The summed E-state index contributed by atoms with van der Waals surface area (Å²) in [5.74, 6) is 0.460. The van der Waals surface area contributed by atoms with Gasteiger partial charge < -0.3 is 15.7 Å². The molecular formula is C12H24N2O2. The van der Waals surface area contributed by atoms with E-state index in [0.29, 0.717) is 12.5 Å². The van der Waals surface area contributed by atoms with Gasteiger partial charge in [-0.05, 0) is 38.1 Å². The summed E-state index contributed by atoms with van der Waals surface area (Å²) in [7, 11) is 0. The van der Waals surface area contributed by atoms with Gasteiger partial charge in [-0.1, -0.05) is 13.8 Å². The van der Waals surface area contributed by atoms with E-state index in [9.17, 15) is 4.79 Å². The van der Waals surface area contributed by atoms with Crippen molar-refractivity contribution < 1.29 is 9.90 Å². The molecule has 2 atom stereocenters. The van der Waals surface area contributed by atoms with Crippen molar-refractivity contribution in [2.45, 2.75) is 45.1 Å². The number of carbonyl (C=O) groups excluding carboxylic acids is 1. The van der Waals surface area contributed by atoms with Crippen molar-refractivity contribution in [1.82, 2.24) is 10.6 Å². The third kappa shape index (κ3) is 3.19. The van der Waals surface area contributed by atoms with Gasteiger partial charge in [0.2, 0.25) is 5.91 Å². The fourth-order valence-corrected chi connectivity index (χ4v) is 2.22. The highest BCUT2D eigenvalue weighted by Crippen LogP contribution is 2.23. The first kappa shape index (κ1) is 13.5. The number of carbonyl (C=O) groups is 1. The number of rotatable bonds is 6. The summed E-state index contributed by atoms with van der Waals surface area (Å²) in [6.07, 6.45) is 3.59. The summed E-state index contributed by atoms with van der Waals surface area (Å²) in [5.41, 5.74) is -0.334. The Kier molecular flexibility index (Phi) is 5.22. The van der Waals surface area contributed by atoms with Crippen LogP contribution >= 0.6 is 0 Å². The van der Waals surface area contributed by atoms with Crippen LogP contribution < -0.4 is 10.6 Å². The average Bonchev–Trinajstić information content (AvgIpc) is 2.76. The van der Waals surface area contributed by atoms with Gasteiger partial charge in [-0.3, -0.25) is 4.79 Å². The largest absolute Gasteiger partial charge is 0.396 e. The molecule has 0 spiro atoms. The second-order valence-electron chi connectivity index (χ2n) is 4.79. The number of aliphatic hydroxyl groups excluding tert-OH is 1. The average molecular weight is 228 g/mol. The zero-order valence-electron chi connectivity index (χ0n) is 10.4. The Labute approximate surface area is 97.8 Å². The molecule has 1 saturated heterocycles. The number of amides is 1. The highest BCUT2D eigenvalue weighted by molar-refractivity contribution is 5.86. The van der Waals surface area contributed by atoms with E-state index in [1.54, 1.807) is 0 Å². The van der Waals surface area contributed by atoms with Gasteiger partial charge in [0.15, 0.2) is 0 Å². The first-order valence-corrected chi connectivity index (χ1v) is 6.29. The third-order valence-electron chi connectivity index (χ3n) is 3.51. The third-order valence-corrected chi connectivity index (χ3v) is 3.51. The zero-order chi connectivity index (χ0) is 12.0. The second-order valence-corrected chi connectivity index (χ2v) is 4.79. The molecule has 1 aliphatic heterocycles. The lowest BCUT2D eigenvalue weighted by Gasteiger charge is -2.27. The Bertz CT molecular complexity index is 225. The van der Waals surface area contributed by atoms with Crippen molar-refractivity contribution in [2.24, 2.45) is 5.92 Å². The van der Waals surface area contributed by atoms with Crippen LogP contribution in [0.2, 0.25) is 0 Å². The van der Waals surface area contributed by atoms with Crippen LogP contribution in [-0.2, 0) is 4.79 Å². The van der Waals surface area contributed by atoms with Crippen LogP contribution in [0, 0.1) is 5.92 Å². The quantitative estimate of drug-likeness (QED) is 0.625. The molecule has 0 aliphatic carbocycles. The molecule has 1 rings (SSSR count). The van der Waals surface area contributed by atoms with Crippen molar-refractivity contribution in [3.05, 3.63) is 0 Å². The van der Waals surface area contributed by atoms with Crippen molar-refractivity contribution in [1.29, 1.82) is 0 Å². The van der Waals surface area contributed by atoms with Gasteiger partial charge in [0.1, 0.15) is 0 Å². The molecule has 94 valence electrons. The van der Waals surface area contributed by atoms with Crippen molar-refractivity contribution >= 4 is 5.91 Å². The molecule has 1 amide bonds. The highest BCUT2D eigenvalue weighted by Gasteiger charge is 2.38. The minimum absolute atomic E-state index is 0.122. The molecule has 0 aromatic heterocycles. The first-order valence-electron chi connectivity index (χ1n) is 6.29. The Morgan fingerprint density at radius 1 is 1.62 bits per heavy atom. The normalized spacial score (nSPS) is 26.7. The number of hydrogen-bond donors (Lipinski definition) is 3. The van der Waals surface area contributed by atoms with E-state index >= 15 is 0 Å². The topological polar surface area (TPSA) is 61.4 Å². The van der Waals surface area contributed by atoms with Crippen LogP contribution in [0.15, 0.2) is 0 Å². The fourth-order valence-electron chi connectivity index (χ4n) is 2.22. The fraction of sp³-hybridized carbons (Fsp3) is 0.917. The predicted octanol–water partition coefficient (Wildman–Crippen LogP) is 0.653. The molecule has 0 aromatic carbocycles. The summed E-state index contributed by atoms with van der Waals surface area (Å²) in [6, 6.07) is 0. The van der Waals surface area contributed by atoms with Gasteiger partial charge in [0.25, 0.3) is 0 Å².